The normalized spacial score (nSPS) is 19.8. The van der Waals surface area contributed by atoms with Gasteiger partial charge >= 0.3 is 0 Å². The number of hydrogen-bond acceptors (Lipinski definition) is 3. The summed E-state index contributed by atoms with van der Waals surface area (Å²) in [4.78, 5) is 2.24. The number of benzene rings is 1. The molecule has 1 aliphatic heterocycles. The SMILES string of the molecule is N#Cc1ccc(N2CCC(CO)C2)cc1Br. The Kier molecular flexibility index (Phi) is 3.47. The first kappa shape index (κ1) is 11.4. The number of aliphatic hydroxyl groups excluding tert-OH is 1. The van der Waals surface area contributed by atoms with Crippen LogP contribution in [0.4, 0.5) is 5.69 Å². The van der Waals surface area contributed by atoms with Crippen LogP contribution in [0, 0.1) is 17.2 Å². The second-order valence-corrected chi connectivity index (χ2v) is 4.91. The molecule has 0 radical (unpaired) electrons. The quantitative estimate of drug-likeness (QED) is 0.903. The van der Waals surface area contributed by atoms with Crippen molar-refractivity contribution < 1.29 is 5.11 Å². The Labute approximate surface area is 103 Å². The van der Waals surface area contributed by atoms with E-state index in [1.165, 1.54) is 0 Å². The molecule has 2 rings (SSSR count). The number of hydrogen-bond donors (Lipinski definition) is 1. The van der Waals surface area contributed by atoms with Crippen molar-refractivity contribution >= 4 is 21.6 Å². The minimum Gasteiger partial charge on any atom is -0.396 e. The zero-order valence-electron chi connectivity index (χ0n) is 8.86. The molecule has 0 amide bonds. The van der Waals surface area contributed by atoms with Gasteiger partial charge in [-0.25, -0.2) is 0 Å². The number of anilines is 1. The van der Waals surface area contributed by atoms with Crippen molar-refractivity contribution in [3.63, 3.8) is 0 Å². The fraction of sp³-hybridized carbons (Fsp3) is 0.417. The third-order valence-electron chi connectivity index (χ3n) is 2.98. The smallest absolute Gasteiger partial charge is 0.100 e. The number of nitrogens with zero attached hydrogens (tertiary/aromatic N) is 2. The van der Waals surface area contributed by atoms with Gasteiger partial charge in [-0.1, -0.05) is 0 Å². The van der Waals surface area contributed by atoms with Gasteiger partial charge in [-0.3, -0.25) is 0 Å². The van der Waals surface area contributed by atoms with Crippen LogP contribution in [0.5, 0.6) is 0 Å². The van der Waals surface area contributed by atoms with Crippen molar-refractivity contribution in [2.24, 2.45) is 5.92 Å². The Morgan fingerprint density at radius 1 is 1.56 bits per heavy atom. The molecule has 0 bridgehead atoms. The van der Waals surface area contributed by atoms with E-state index in [9.17, 15) is 0 Å². The van der Waals surface area contributed by atoms with Gasteiger partial charge in [-0.15, -0.1) is 0 Å². The largest absolute Gasteiger partial charge is 0.396 e. The number of aliphatic hydroxyl groups is 1. The molecule has 84 valence electrons. The molecule has 1 aromatic rings. The summed E-state index contributed by atoms with van der Waals surface area (Å²) in [5.74, 6) is 0.384. The summed E-state index contributed by atoms with van der Waals surface area (Å²) in [5.41, 5.74) is 1.77. The molecule has 0 spiro atoms. The molecule has 0 aromatic heterocycles. The van der Waals surface area contributed by atoms with E-state index in [4.69, 9.17) is 10.4 Å². The van der Waals surface area contributed by atoms with Crippen molar-refractivity contribution in [2.45, 2.75) is 6.42 Å². The topological polar surface area (TPSA) is 47.3 Å². The molecule has 16 heavy (non-hydrogen) atoms. The van der Waals surface area contributed by atoms with Gasteiger partial charge in [0, 0.05) is 35.8 Å². The maximum absolute atomic E-state index is 9.09. The fourth-order valence-electron chi connectivity index (χ4n) is 2.01. The van der Waals surface area contributed by atoms with Crippen LogP contribution in [0.3, 0.4) is 0 Å². The number of halogens is 1. The highest BCUT2D eigenvalue weighted by atomic mass is 79.9. The minimum absolute atomic E-state index is 0.258. The first-order valence-electron chi connectivity index (χ1n) is 5.30. The molecule has 1 saturated heterocycles. The van der Waals surface area contributed by atoms with Crippen LogP contribution in [-0.2, 0) is 0 Å². The number of nitriles is 1. The van der Waals surface area contributed by atoms with E-state index in [2.05, 4.69) is 26.9 Å². The third-order valence-corrected chi connectivity index (χ3v) is 3.64. The van der Waals surface area contributed by atoms with Gasteiger partial charge in [0.15, 0.2) is 0 Å². The molecule has 1 heterocycles. The summed E-state index contributed by atoms with van der Waals surface area (Å²) in [7, 11) is 0. The van der Waals surface area contributed by atoms with E-state index in [1.807, 2.05) is 18.2 Å². The second-order valence-electron chi connectivity index (χ2n) is 4.06. The molecule has 1 fully saturated rings. The Morgan fingerprint density at radius 2 is 2.38 bits per heavy atom. The van der Waals surface area contributed by atoms with Crippen LogP contribution >= 0.6 is 15.9 Å². The van der Waals surface area contributed by atoms with Crippen molar-refractivity contribution in [3.8, 4) is 6.07 Å². The molecular weight excluding hydrogens is 268 g/mol. The molecule has 1 aromatic carbocycles. The summed E-state index contributed by atoms with van der Waals surface area (Å²) in [6, 6.07) is 7.88. The van der Waals surface area contributed by atoms with Crippen LogP contribution in [0.25, 0.3) is 0 Å². The molecule has 3 nitrogen and oxygen atoms in total. The monoisotopic (exact) mass is 280 g/mol. The lowest BCUT2D eigenvalue weighted by atomic mass is 10.1. The Morgan fingerprint density at radius 3 is 2.94 bits per heavy atom. The van der Waals surface area contributed by atoms with E-state index in [0.29, 0.717) is 11.5 Å². The summed E-state index contributed by atoms with van der Waals surface area (Å²) in [6.45, 7) is 2.13. The summed E-state index contributed by atoms with van der Waals surface area (Å²) < 4.78 is 0.833. The van der Waals surface area contributed by atoms with Gasteiger partial charge in [0.05, 0.1) is 5.56 Å². The first-order valence-corrected chi connectivity index (χ1v) is 6.09. The third kappa shape index (κ3) is 2.21. The molecule has 1 N–H and O–H groups in total. The summed E-state index contributed by atoms with van der Waals surface area (Å²) >= 11 is 3.39. The van der Waals surface area contributed by atoms with E-state index in [1.54, 1.807) is 0 Å². The van der Waals surface area contributed by atoms with Crippen molar-refractivity contribution in [1.29, 1.82) is 5.26 Å². The van der Waals surface area contributed by atoms with Crippen molar-refractivity contribution in [3.05, 3.63) is 28.2 Å². The Bertz CT molecular complexity index is 428. The van der Waals surface area contributed by atoms with Crippen LogP contribution in [-0.4, -0.2) is 24.8 Å². The van der Waals surface area contributed by atoms with Gasteiger partial charge in [0.2, 0.25) is 0 Å². The lowest BCUT2D eigenvalue weighted by Crippen LogP contribution is -2.20. The highest BCUT2D eigenvalue weighted by molar-refractivity contribution is 9.10. The lowest BCUT2D eigenvalue weighted by molar-refractivity contribution is 0.238. The van der Waals surface area contributed by atoms with Crippen LogP contribution in [0.2, 0.25) is 0 Å². The zero-order valence-corrected chi connectivity index (χ0v) is 10.4. The van der Waals surface area contributed by atoms with Gasteiger partial charge in [0.1, 0.15) is 6.07 Å². The van der Waals surface area contributed by atoms with Crippen LogP contribution < -0.4 is 4.90 Å². The maximum Gasteiger partial charge on any atom is 0.100 e. The van der Waals surface area contributed by atoms with Crippen LogP contribution in [0.15, 0.2) is 22.7 Å². The standard InChI is InChI=1S/C12H13BrN2O/c13-12-5-11(2-1-10(12)6-14)15-4-3-9(7-15)8-16/h1-2,5,9,16H,3-4,7-8H2. The Hall–Kier alpha value is -1.05. The summed E-state index contributed by atoms with van der Waals surface area (Å²) in [6.07, 6.45) is 1.04. The first-order chi connectivity index (χ1) is 7.74. The van der Waals surface area contributed by atoms with E-state index in [0.717, 1.165) is 29.7 Å². The predicted octanol–water partition coefficient (Wildman–Crippen LogP) is 2.14. The second kappa shape index (κ2) is 4.86. The lowest BCUT2D eigenvalue weighted by Gasteiger charge is -2.18. The molecule has 1 atom stereocenters. The minimum atomic E-state index is 0.258. The molecule has 1 unspecified atom stereocenters. The highest BCUT2D eigenvalue weighted by Gasteiger charge is 2.22. The predicted molar refractivity (Wildman–Crippen MR) is 66.3 cm³/mol. The van der Waals surface area contributed by atoms with Gasteiger partial charge in [0.25, 0.3) is 0 Å². The van der Waals surface area contributed by atoms with Gasteiger partial charge < -0.3 is 10.0 Å². The average molecular weight is 281 g/mol. The molecule has 1 aliphatic rings. The van der Waals surface area contributed by atoms with E-state index >= 15 is 0 Å². The van der Waals surface area contributed by atoms with Crippen molar-refractivity contribution in [1.82, 2.24) is 0 Å². The Balaban J connectivity index is 2.17. The average Bonchev–Trinajstić information content (AvgIpc) is 2.77. The fourth-order valence-corrected chi connectivity index (χ4v) is 2.46. The van der Waals surface area contributed by atoms with Gasteiger partial charge in [-0.05, 0) is 40.5 Å². The van der Waals surface area contributed by atoms with E-state index < -0.39 is 0 Å². The van der Waals surface area contributed by atoms with Crippen molar-refractivity contribution in [2.75, 3.05) is 24.6 Å². The van der Waals surface area contributed by atoms with E-state index in [-0.39, 0.29) is 6.61 Å². The molecule has 0 saturated carbocycles. The number of rotatable bonds is 2. The summed E-state index contributed by atoms with van der Waals surface area (Å²) in [5, 5.41) is 17.9. The molecule has 0 aliphatic carbocycles. The van der Waals surface area contributed by atoms with Gasteiger partial charge in [-0.2, -0.15) is 5.26 Å². The zero-order chi connectivity index (χ0) is 11.5. The maximum atomic E-state index is 9.09. The molecule has 4 heteroatoms. The highest BCUT2D eigenvalue weighted by Crippen LogP contribution is 2.27. The molecular formula is C12H13BrN2O. The van der Waals surface area contributed by atoms with Crippen LogP contribution in [0.1, 0.15) is 12.0 Å².